The molecule has 0 aromatic carbocycles. The van der Waals surface area contributed by atoms with Crippen molar-refractivity contribution in [1.29, 1.82) is 0 Å². The molecule has 16 heavy (non-hydrogen) atoms. The second-order valence-corrected chi connectivity index (χ2v) is 5.50. The van der Waals surface area contributed by atoms with E-state index in [0.29, 0.717) is 25.9 Å². The first kappa shape index (κ1) is 12.0. The number of carbonyl (C=O) groups excluding carboxylic acids is 2. The third-order valence-corrected chi connectivity index (χ3v) is 3.87. The minimum Gasteiger partial charge on any atom is -0.320 e. The molecule has 0 radical (unpaired) electrons. The van der Waals surface area contributed by atoms with E-state index in [2.05, 4.69) is 0 Å². The van der Waals surface area contributed by atoms with Gasteiger partial charge in [0.2, 0.25) is 5.91 Å². The van der Waals surface area contributed by atoms with Gasteiger partial charge in [-0.15, -0.1) is 0 Å². The molecular formula is C10H14Cl2N2O2. The van der Waals surface area contributed by atoms with Gasteiger partial charge in [-0.1, -0.05) is 23.2 Å². The minimum absolute atomic E-state index is 0.112. The molecule has 0 aromatic rings. The molecule has 1 atom stereocenters. The molecule has 6 heteroatoms. The van der Waals surface area contributed by atoms with Gasteiger partial charge in [0, 0.05) is 19.5 Å². The number of halogens is 2. The maximum Gasteiger partial charge on any atom is 0.257 e. The molecule has 0 spiro atoms. The number of fused-ring (bicyclic) bond motifs is 1. The highest BCUT2D eigenvalue weighted by atomic mass is 35.5. The molecule has 0 N–H and O–H groups in total. The molecule has 2 saturated heterocycles. The number of hydrogen-bond acceptors (Lipinski definition) is 2. The van der Waals surface area contributed by atoms with E-state index in [9.17, 15) is 9.59 Å². The van der Waals surface area contributed by atoms with Crippen LogP contribution in [0.4, 0.5) is 0 Å². The quantitative estimate of drug-likeness (QED) is 0.672. The maximum atomic E-state index is 11.9. The fourth-order valence-electron chi connectivity index (χ4n) is 2.62. The Hall–Kier alpha value is -0.480. The van der Waals surface area contributed by atoms with Crippen molar-refractivity contribution < 1.29 is 9.59 Å². The smallest absolute Gasteiger partial charge is 0.257 e. The molecule has 2 rings (SSSR count). The van der Waals surface area contributed by atoms with E-state index in [-0.39, 0.29) is 11.8 Å². The lowest BCUT2D eigenvalue weighted by atomic mass is 10.0. The van der Waals surface area contributed by atoms with Crippen LogP contribution in [0.25, 0.3) is 0 Å². The molecule has 0 bridgehead atoms. The van der Waals surface area contributed by atoms with Crippen LogP contribution < -0.4 is 0 Å². The van der Waals surface area contributed by atoms with E-state index in [1.807, 2.05) is 6.92 Å². The molecule has 90 valence electrons. The Morgan fingerprint density at radius 2 is 2.12 bits per heavy atom. The second-order valence-electron chi connectivity index (χ2n) is 4.41. The first-order valence-corrected chi connectivity index (χ1v) is 6.24. The number of nitrogens with zero attached hydrogens (tertiary/aromatic N) is 2. The van der Waals surface area contributed by atoms with Gasteiger partial charge < -0.3 is 9.80 Å². The Balaban J connectivity index is 2.26. The van der Waals surface area contributed by atoms with E-state index < -0.39 is 10.5 Å². The van der Waals surface area contributed by atoms with Gasteiger partial charge in [-0.2, -0.15) is 0 Å². The van der Waals surface area contributed by atoms with E-state index in [1.54, 1.807) is 9.80 Å². The summed E-state index contributed by atoms with van der Waals surface area (Å²) in [4.78, 5) is 25.9. The average molecular weight is 265 g/mol. The summed E-state index contributed by atoms with van der Waals surface area (Å²) in [6.07, 6.45) is 1.95. The zero-order valence-electron chi connectivity index (χ0n) is 9.08. The van der Waals surface area contributed by atoms with Crippen LogP contribution in [0.3, 0.4) is 0 Å². The summed E-state index contributed by atoms with van der Waals surface area (Å²) in [5, 5.41) is 0. The topological polar surface area (TPSA) is 40.6 Å². The number of rotatable bonds is 1. The number of hydrogen-bond donors (Lipinski definition) is 0. The number of alkyl halides is 2. The molecule has 1 unspecified atom stereocenters. The monoisotopic (exact) mass is 264 g/mol. The van der Waals surface area contributed by atoms with Crippen LogP contribution in [-0.2, 0) is 9.59 Å². The third-order valence-electron chi connectivity index (χ3n) is 3.49. The highest BCUT2D eigenvalue weighted by Gasteiger charge is 2.50. The lowest BCUT2D eigenvalue weighted by molar-refractivity contribution is -0.153. The van der Waals surface area contributed by atoms with Crippen molar-refractivity contribution in [3.05, 3.63) is 0 Å². The van der Waals surface area contributed by atoms with Crippen molar-refractivity contribution in [2.24, 2.45) is 0 Å². The summed E-state index contributed by atoms with van der Waals surface area (Å²) in [6.45, 7) is 3.24. The van der Waals surface area contributed by atoms with Crippen LogP contribution in [0.2, 0.25) is 0 Å². The Kier molecular flexibility index (Phi) is 3.05. The standard InChI is InChI=1S/C10H14Cl2N2O2/c1-10-4-3-7(15)13(10)5-2-6-14(10)9(16)8(11)12/h8H,2-6H2,1H3. The summed E-state index contributed by atoms with van der Waals surface area (Å²) in [6, 6.07) is 0. The average Bonchev–Trinajstić information content (AvgIpc) is 2.54. The summed E-state index contributed by atoms with van der Waals surface area (Å²) in [7, 11) is 0. The zero-order chi connectivity index (χ0) is 11.9. The second kappa shape index (κ2) is 4.08. The van der Waals surface area contributed by atoms with Crippen molar-refractivity contribution in [2.75, 3.05) is 13.1 Å². The predicted octanol–water partition coefficient (Wildman–Crippen LogP) is 1.36. The number of amides is 2. The van der Waals surface area contributed by atoms with Crippen LogP contribution in [0, 0.1) is 0 Å². The molecule has 2 fully saturated rings. The Labute approximate surface area is 104 Å². The zero-order valence-corrected chi connectivity index (χ0v) is 10.6. The van der Waals surface area contributed by atoms with Gasteiger partial charge in [-0.3, -0.25) is 9.59 Å². The van der Waals surface area contributed by atoms with E-state index >= 15 is 0 Å². The fourth-order valence-corrected chi connectivity index (χ4v) is 2.86. The Morgan fingerprint density at radius 1 is 1.44 bits per heavy atom. The van der Waals surface area contributed by atoms with Crippen LogP contribution in [-0.4, -0.2) is 45.2 Å². The van der Waals surface area contributed by atoms with Crippen molar-refractivity contribution in [3.8, 4) is 0 Å². The number of carbonyl (C=O) groups is 2. The maximum absolute atomic E-state index is 11.9. The molecule has 0 aliphatic carbocycles. The summed E-state index contributed by atoms with van der Waals surface area (Å²) in [5.41, 5.74) is -0.519. The molecular weight excluding hydrogens is 251 g/mol. The van der Waals surface area contributed by atoms with Crippen molar-refractivity contribution >= 4 is 35.0 Å². The van der Waals surface area contributed by atoms with Crippen LogP contribution in [0.1, 0.15) is 26.2 Å². The third kappa shape index (κ3) is 1.68. The first-order chi connectivity index (χ1) is 7.47. The van der Waals surface area contributed by atoms with Gasteiger partial charge in [0.15, 0.2) is 4.84 Å². The fraction of sp³-hybridized carbons (Fsp3) is 0.800. The first-order valence-electron chi connectivity index (χ1n) is 5.37. The molecule has 2 aliphatic rings. The lowest BCUT2D eigenvalue weighted by Gasteiger charge is -2.48. The summed E-state index contributed by atoms with van der Waals surface area (Å²) in [5.74, 6) is -0.189. The normalized spacial score (nSPS) is 29.9. The highest BCUT2D eigenvalue weighted by molar-refractivity contribution is 6.53. The SMILES string of the molecule is CC12CCC(=O)N1CCCN2C(=O)C(Cl)Cl. The Bertz CT molecular complexity index is 335. The van der Waals surface area contributed by atoms with Crippen LogP contribution >= 0.6 is 23.2 Å². The highest BCUT2D eigenvalue weighted by Crippen LogP contribution is 2.37. The van der Waals surface area contributed by atoms with Crippen molar-refractivity contribution in [2.45, 2.75) is 36.7 Å². The van der Waals surface area contributed by atoms with E-state index in [1.165, 1.54) is 0 Å². The van der Waals surface area contributed by atoms with Gasteiger partial charge in [0.05, 0.1) is 0 Å². The minimum atomic E-state index is -1.05. The van der Waals surface area contributed by atoms with Crippen molar-refractivity contribution in [3.63, 3.8) is 0 Å². The van der Waals surface area contributed by atoms with Gasteiger partial charge in [-0.05, 0) is 19.8 Å². The van der Waals surface area contributed by atoms with Gasteiger partial charge in [0.1, 0.15) is 5.66 Å². The largest absolute Gasteiger partial charge is 0.320 e. The van der Waals surface area contributed by atoms with E-state index in [4.69, 9.17) is 23.2 Å². The molecule has 2 aliphatic heterocycles. The summed E-state index contributed by atoms with van der Waals surface area (Å²) < 4.78 is 0. The Morgan fingerprint density at radius 3 is 2.75 bits per heavy atom. The molecule has 4 nitrogen and oxygen atoms in total. The predicted molar refractivity (Wildman–Crippen MR) is 61.2 cm³/mol. The molecule has 2 heterocycles. The van der Waals surface area contributed by atoms with E-state index in [0.717, 1.165) is 6.42 Å². The molecule has 0 saturated carbocycles. The van der Waals surface area contributed by atoms with Crippen LogP contribution in [0.5, 0.6) is 0 Å². The van der Waals surface area contributed by atoms with Gasteiger partial charge in [0.25, 0.3) is 5.91 Å². The van der Waals surface area contributed by atoms with Crippen LogP contribution in [0.15, 0.2) is 0 Å². The summed E-state index contributed by atoms with van der Waals surface area (Å²) >= 11 is 11.2. The molecule has 0 aromatic heterocycles. The molecule has 2 amide bonds. The van der Waals surface area contributed by atoms with Crippen molar-refractivity contribution in [1.82, 2.24) is 9.80 Å². The lowest BCUT2D eigenvalue weighted by Crippen LogP contribution is -2.63. The van der Waals surface area contributed by atoms with Gasteiger partial charge >= 0.3 is 0 Å². The van der Waals surface area contributed by atoms with Gasteiger partial charge in [-0.25, -0.2) is 0 Å².